The fourth-order valence-electron chi connectivity index (χ4n) is 2.37. The molecule has 0 aliphatic carbocycles. The molecule has 1 rings (SSSR count). The largest absolute Gasteiger partial charge is 0.0883 e. The summed E-state index contributed by atoms with van der Waals surface area (Å²) in [5.41, 5.74) is 5.84. The molecule has 19 heavy (non-hydrogen) atoms. The molecule has 1 aromatic carbocycles. The molecule has 0 aliphatic rings. The van der Waals surface area contributed by atoms with Crippen molar-refractivity contribution in [1.82, 2.24) is 0 Å². The van der Waals surface area contributed by atoms with Crippen molar-refractivity contribution in [3.05, 3.63) is 40.5 Å². The van der Waals surface area contributed by atoms with E-state index in [1.807, 2.05) is 0 Å². The number of halogens is 1. The van der Waals surface area contributed by atoms with E-state index in [1.54, 1.807) is 0 Å². The van der Waals surface area contributed by atoms with Crippen LogP contribution in [0.25, 0.3) is 6.08 Å². The number of rotatable bonds is 5. The summed E-state index contributed by atoms with van der Waals surface area (Å²) in [4.78, 5) is 0. The summed E-state index contributed by atoms with van der Waals surface area (Å²) >= 11 is 3.48. The topological polar surface area (TPSA) is 0 Å². The Bertz CT molecular complexity index is 410. The minimum Gasteiger partial charge on any atom is -0.0883 e. The first-order chi connectivity index (χ1) is 8.88. The quantitative estimate of drug-likeness (QED) is 0.545. The smallest absolute Gasteiger partial charge is 0.0215 e. The molecule has 0 N–H and O–H groups in total. The third kappa shape index (κ3) is 4.21. The second-order valence-electron chi connectivity index (χ2n) is 6.13. The number of benzene rings is 1. The number of allylic oxidation sites excluding steroid dienone is 1. The van der Waals surface area contributed by atoms with Crippen LogP contribution >= 0.6 is 15.9 Å². The van der Waals surface area contributed by atoms with Crippen LogP contribution in [0.5, 0.6) is 0 Å². The Hall–Kier alpha value is -0.560. The highest BCUT2D eigenvalue weighted by Gasteiger charge is 2.15. The minimum atomic E-state index is 0.561. The zero-order valence-corrected chi connectivity index (χ0v) is 14.7. The molecule has 0 saturated carbocycles. The van der Waals surface area contributed by atoms with E-state index in [9.17, 15) is 0 Å². The van der Waals surface area contributed by atoms with Crippen LogP contribution in [0.1, 0.15) is 81.5 Å². The zero-order valence-electron chi connectivity index (χ0n) is 13.1. The lowest BCUT2D eigenvalue weighted by Crippen LogP contribution is -2.03. The standard InChI is InChI=1S/C18H27Br/c1-12(2)15-10-17(13(3)4)16(8-7-9-19)18(11-15)14(5)6/h7-8,10-14H,9H2,1-6H3. The van der Waals surface area contributed by atoms with Gasteiger partial charge in [0.2, 0.25) is 0 Å². The monoisotopic (exact) mass is 322 g/mol. The molecule has 0 atom stereocenters. The second-order valence-corrected chi connectivity index (χ2v) is 6.78. The van der Waals surface area contributed by atoms with Crippen LogP contribution in [0.15, 0.2) is 18.2 Å². The summed E-state index contributed by atoms with van der Waals surface area (Å²) in [6, 6.07) is 4.80. The molecule has 0 amide bonds. The van der Waals surface area contributed by atoms with Crippen molar-refractivity contribution in [2.45, 2.75) is 59.3 Å². The van der Waals surface area contributed by atoms with E-state index in [4.69, 9.17) is 0 Å². The average molecular weight is 323 g/mol. The Labute approximate surface area is 127 Å². The van der Waals surface area contributed by atoms with E-state index >= 15 is 0 Å². The first-order valence-electron chi connectivity index (χ1n) is 7.28. The summed E-state index contributed by atoms with van der Waals surface area (Å²) in [7, 11) is 0. The molecular weight excluding hydrogens is 296 g/mol. The second kappa shape index (κ2) is 7.28. The van der Waals surface area contributed by atoms with Gasteiger partial charge in [0.05, 0.1) is 0 Å². The van der Waals surface area contributed by atoms with Gasteiger partial charge in [0.1, 0.15) is 0 Å². The molecule has 1 heteroatoms. The van der Waals surface area contributed by atoms with Gasteiger partial charge < -0.3 is 0 Å². The summed E-state index contributed by atoms with van der Waals surface area (Å²) < 4.78 is 0. The summed E-state index contributed by atoms with van der Waals surface area (Å²) in [6.07, 6.45) is 4.48. The molecule has 0 heterocycles. The Morgan fingerprint density at radius 1 is 0.895 bits per heavy atom. The highest BCUT2D eigenvalue weighted by Crippen LogP contribution is 2.32. The van der Waals surface area contributed by atoms with Crippen molar-refractivity contribution < 1.29 is 0 Å². The van der Waals surface area contributed by atoms with Crippen LogP contribution in [-0.2, 0) is 0 Å². The Kier molecular flexibility index (Phi) is 6.32. The number of hydrogen-bond acceptors (Lipinski definition) is 0. The van der Waals surface area contributed by atoms with Crippen molar-refractivity contribution >= 4 is 22.0 Å². The van der Waals surface area contributed by atoms with Gasteiger partial charge in [0, 0.05) is 5.33 Å². The van der Waals surface area contributed by atoms with E-state index in [0.717, 1.165) is 5.33 Å². The van der Waals surface area contributed by atoms with Crippen molar-refractivity contribution in [3.63, 3.8) is 0 Å². The van der Waals surface area contributed by atoms with Crippen LogP contribution in [0.4, 0.5) is 0 Å². The first kappa shape index (κ1) is 16.5. The SMILES string of the molecule is CC(C)c1cc(C(C)C)c(C=CCBr)c(C(C)C)c1. The van der Waals surface area contributed by atoms with E-state index in [0.29, 0.717) is 17.8 Å². The predicted molar refractivity (Wildman–Crippen MR) is 91.5 cm³/mol. The molecule has 0 aliphatic heterocycles. The molecule has 0 unspecified atom stereocenters. The van der Waals surface area contributed by atoms with Crippen molar-refractivity contribution in [1.29, 1.82) is 0 Å². The normalized spacial score (nSPS) is 12.3. The van der Waals surface area contributed by atoms with Crippen LogP contribution in [0.3, 0.4) is 0 Å². The number of hydrogen-bond donors (Lipinski definition) is 0. The molecule has 0 spiro atoms. The van der Waals surface area contributed by atoms with Gasteiger partial charge in [-0.3, -0.25) is 0 Å². The maximum Gasteiger partial charge on any atom is 0.0215 e. The van der Waals surface area contributed by atoms with Gasteiger partial charge in [-0.05, 0) is 40.0 Å². The van der Waals surface area contributed by atoms with Crippen molar-refractivity contribution in [3.8, 4) is 0 Å². The molecule has 0 saturated heterocycles. The van der Waals surface area contributed by atoms with E-state index in [-0.39, 0.29) is 0 Å². The van der Waals surface area contributed by atoms with Crippen molar-refractivity contribution in [2.75, 3.05) is 5.33 Å². The van der Waals surface area contributed by atoms with E-state index in [1.165, 1.54) is 22.3 Å². The summed E-state index contributed by atoms with van der Waals surface area (Å²) in [5, 5.41) is 0.911. The number of alkyl halides is 1. The van der Waals surface area contributed by atoms with Crippen LogP contribution in [0.2, 0.25) is 0 Å². The minimum absolute atomic E-state index is 0.561. The summed E-state index contributed by atoms with van der Waals surface area (Å²) in [5.74, 6) is 1.71. The van der Waals surface area contributed by atoms with Gasteiger partial charge in [0.15, 0.2) is 0 Å². The Morgan fingerprint density at radius 2 is 1.37 bits per heavy atom. The maximum atomic E-state index is 3.48. The lowest BCUT2D eigenvalue weighted by Gasteiger charge is -2.21. The van der Waals surface area contributed by atoms with Gasteiger partial charge >= 0.3 is 0 Å². The third-order valence-corrected chi connectivity index (χ3v) is 3.92. The molecule has 0 bridgehead atoms. The van der Waals surface area contributed by atoms with E-state index < -0.39 is 0 Å². The Morgan fingerprint density at radius 3 is 1.68 bits per heavy atom. The fourth-order valence-corrected chi connectivity index (χ4v) is 2.55. The van der Waals surface area contributed by atoms with Crippen LogP contribution in [-0.4, -0.2) is 5.33 Å². The van der Waals surface area contributed by atoms with E-state index in [2.05, 4.69) is 81.8 Å². The van der Waals surface area contributed by atoms with Gasteiger partial charge in [-0.1, -0.05) is 81.8 Å². The molecule has 0 radical (unpaired) electrons. The molecule has 0 fully saturated rings. The predicted octanol–water partition coefficient (Wildman–Crippen LogP) is 6.46. The molecular formula is C18H27Br. The molecule has 0 nitrogen and oxygen atoms in total. The zero-order chi connectivity index (χ0) is 14.6. The van der Waals surface area contributed by atoms with Crippen LogP contribution in [0, 0.1) is 0 Å². The van der Waals surface area contributed by atoms with Gasteiger partial charge in [-0.2, -0.15) is 0 Å². The van der Waals surface area contributed by atoms with Gasteiger partial charge in [-0.15, -0.1) is 0 Å². The van der Waals surface area contributed by atoms with Gasteiger partial charge in [-0.25, -0.2) is 0 Å². The van der Waals surface area contributed by atoms with Crippen LogP contribution < -0.4 is 0 Å². The Balaban J connectivity index is 3.51. The molecule has 106 valence electrons. The first-order valence-corrected chi connectivity index (χ1v) is 8.40. The molecule has 0 aromatic heterocycles. The van der Waals surface area contributed by atoms with Gasteiger partial charge in [0.25, 0.3) is 0 Å². The lowest BCUT2D eigenvalue weighted by atomic mass is 9.84. The lowest BCUT2D eigenvalue weighted by molar-refractivity contribution is 0.801. The highest BCUT2D eigenvalue weighted by molar-refractivity contribution is 9.09. The average Bonchev–Trinajstić information content (AvgIpc) is 2.34. The fraction of sp³-hybridized carbons (Fsp3) is 0.556. The maximum absolute atomic E-state index is 3.48. The highest BCUT2D eigenvalue weighted by atomic mass is 79.9. The molecule has 1 aromatic rings. The van der Waals surface area contributed by atoms with Crippen molar-refractivity contribution in [2.24, 2.45) is 0 Å². The summed E-state index contributed by atoms with van der Waals surface area (Å²) in [6.45, 7) is 13.7. The third-order valence-electron chi connectivity index (χ3n) is 3.55.